The first-order valence-corrected chi connectivity index (χ1v) is 10.2. The summed E-state index contributed by atoms with van der Waals surface area (Å²) in [5.74, 6) is 0.800. The zero-order valence-electron chi connectivity index (χ0n) is 16.4. The molecule has 0 atom stereocenters. The summed E-state index contributed by atoms with van der Waals surface area (Å²) in [6.07, 6.45) is 9.52. The van der Waals surface area contributed by atoms with Crippen molar-refractivity contribution in [3.8, 4) is 0 Å². The summed E-state index contributed by atoms with van der Waals surface area (Å²) in [5, 5.41) is 0. The maximum Gasteiger partial charge on any atom is 0.356 e. The van der Waals surface area contributed by atoms with Gasteiger partial charge in [0.2, 0.25) is 0 Å². The first kappa shape index (κ1) is 21.1. The minimum Gasteiger partial charge on any atom is -0.316 e. The summed E-state index contributed by atoms with van der Waals surface area (Å²) in [4.78, 5) is 0. The van der Waals surface area contributed by atoms with Crippen LogP contribution in [0.2, 0.25) is 0 Å². The van der Waals surface area contributed by atoms with Crippen molar-refractivity contribution in [2.75, 3.05) is 0 Å². The van der Waals surface area contributed by atoms with Crippen molar-refractivity contribution >= 4 is 0 Å². The van der Waals surface area contributed by atoms with E-state index in [0.717, 1.165) is 50.5 Å². The van der Waals surface area contributed by atoms with Crippen LogP contribution in [-0.4, -0.2) is 6.11 Å². The standard InChI is InChI=1S/C23H34F2O/c1-3-5-6-8-20-9-13-21(14-10-20)17-23(24,25)26-18-22-15-11-19(7-4-2)12-16-22/h3,5,11-12,15-16,20-21H,4,6-10,13-14,17-18H2,1-2H3/b5-3+. The average Bonchev–Trinajstić information content (AvgIpc) is 2.63. The van der Waals surface area contributed by atoms with Gasteiger partial charge in [0, 0.05) is 6.42 Å². The van der Waals surface area contributed by atoms with Crippen LogP contribution in [0.5, 0.6) is 0 Å². The van der Waals surface area contributed by atoms with Crippen LogP contribution >= 0.6 is 0 Å². The van der Waals surface area contributed by atoms with E-state index in [1.165, 1.54) is 12.0 Å². The van der Waals surface area contributed by atoms with E-state index in [4.69, 9.17) is 4.74 Å². The molecule has 2 rings (SSSR count). The van der Waals surface area contributed by atoms with Crippen LogP contribution in [0.4, 0.5) is 8.78 Å². The van der Waals surface area contributed by atoms with Gasteiger partial charge >= 0.3 is 6.11 Å². The highest BCUT2D eigenvalue weighted by atomic mass is 19.3. The first-order valence-electron chi connectivity index (χ1n) is 10.2. The Morgan fingerprint density at radius 1 is 1.04 bits per heavy atom. The summed E-state index contributed by atoms with van der Waals surface area (Å²) in [6.45, 7) is 4.16. The van der Waals surface area contributed by atoms with Gasteiger partial charge in [-0.3, -0.25) is 0 Å². The largest absolute Gasteiger partial charge is 0.356 e. The lowest BCUT2D eigenvalue weighted by Crippen LogP contribution is -2.27. The highest BCUT2D eigenvalue weighted by molar-refractivity contribution is 5.22. The maximum atomic E-state index is 14.2. The second kappa shape index (κ2) is 10.8. The lowest BCUT2D eigenvalue weighted by molar-refractivity contribution is -0.256. The van der Waals surface area contributed by atoms with E-state index >= 15 is 0 Å². The number of hydrogen-bond acceptors (Lipinski definition) is 1. The third-order valence-corrected chi connectivity index (χ3v) is 5.48. The number of hydrogen-bond donors (Lipinski definition) is 0. The second-order valence-electron chi connectivity index (χ2n) is 7.73. The van der Waals surface area contributed by atoms with Crippen LogP contribution in [0.1, 0.15) is 76.3 Å². The predicted octanol–water partition coefficient (Wildman–Crippen LogP) is 7.30. The summed E-state index contributed by atoms with van der Waals surface area (Å²) < 4.78 is 33.4. The topological polar surface area (TPSA) is 9.23 Å². The van der Waals surface area contributed by atoms with Crippen molar-refractivity contribution in [3.63, 3.8) is 0 Å². The number of rotatable bonds is 10. The summed E-state index contributed by atoms with van der Waals surface area (Å²) in [5.41, 5.74) is 2.06. The Labute approximate surface area is 157 Å². The van der Waals surface area contributed by atoms with Crippen LogP contribution in [0.3, 0.4) is 0 Å². The highest BCUT2D eigenvalue weighted by Crippen LogP contribution is 2.38. The molecular weight excluding hydrogens is 330 g/mol. The molecular formula is C23H34F2O. The summed E-state index contributed by atoms with van der Waals surface area (Å²) >= 11 is 0. The van der Waals surface area contributed by atoms with Crippen molar-refractivity contribution in [1.29, 1.82) is 0 Å². The molecule has 0 aromatic heterocycles. The molecule has 26 heavy (non-hydrogen) atoms. The minimum atomic E-state index is -3.02. The maximum absolute atomic E-state index is 14.2. The molecule has 1 fully saturated rings. The highest BCUT2D eigenvalue weighted by Gasteiger charge is 2.35. The molecule has 1 aliphatic carbocycles. The molecule has 0 radical (unpaired) electrons. The van der Waals surface area contributed by atoms with Crippen molar-refractivity contribution in [2.24, 2.45) is 11.8 Å². The molecule has 0 spiro atoms. The van der Waals surface area contributed by atoms with E-state index in [2.05, 4.69) is 19.1 Å². The monoisotopic (exact) mass is 364 g/mol. The number of allylic oxidation sites excluding steroid dienone is 2. The molecule has 0 unspecified atom stereocenters. The van der Waals surface area contributed by atoms with Crippen LogP contribution in [0.25, 0.3) is 0 Å². The van der Waals surface area contributed by atoms with Crippen LogP contribution < -0.4 is 0 Å². The minimum absolute atomic E-state index is 0.0158. The van der Waals surface area contributed by atoms with E-state index in [-0.39, 0.29) is 18.9 Å². The smallest absolute Gasteiger partial charge is 0.316 e. The Balaban J connectivity index is 1.71. The molecule has 0 bridgehead atoms. The molecule has 0 saturated heterocycles. The predicted molar refractivity (Wildman–Crippen MR) is 104 cm³/mol. The average molecular weight is 365 g/mol. The van der Waals surface area contributed by atoms with E-state index in [0.29, 0.717) is 5.92 Å². The van der Waals surface area contributed by atoms with E-state index in [1.54, 1.807) is 0 Å². The summed E-state index contributed by atoms with van der Waals surface area (Å²) in [6, 6.07) is 7.82. The zero-order valence-corrected chi connectivity index (χ0v) is 16.4. The third kappa shape index (κ3) is 7.57. The van der Waals surface area contributed by atoms with Crippen LogP contribution in [0, 0.1) is 11.8 Å². The van der Waals surface area contributed by atoms with Gasteiger partial charge in [-0.15, -0.1) is 0 Å². The van der Waals surface area contributed by atoms with Gasteiger partial charge in [-0.1, -0.05) is 62.6 Å². The fraction of sp³-hybridized carbons (Fsp3) is 0.652. The van der Waals surface area contributed by atoms with Crippen molar-refractivity contribution in [2.45, 2.75) is 84.4 Å². The van der Waals surface area contributed by atoms with E-state index in [9.17, 15) is 8.78 Å². The number of benzene rings is 1. The molecule has 3 heteroatoms. The van der Waals surface area contributed by atoms with Crippen LogP contribution in [-0.2, 0) is 17.8 Å². The zero-order chi connectivity index (χ0) is 18.8. The Bertz CT molecular complexity index is 528. The molecule has 0 heterocycles. The van der Waals surface area contributed by atoms with Crippen molar-refractivity contribution < 1.29 is 13.5 Å². The quantitative estimate of drug-likeness (QED) is 0.396. The van der Waals surface area contributed by atoms with E-state index < -0.39 is 6.11 Å². The van der Waals surface area contributed by atoms with Crippen molar-refractivity contribution in [1.82, 2.24) is 0 Å². The number of aryl methyl sites for hydroxylation is 1. The number of ether oxygens (including phenoxy) is 1. The molecule has 1 aliphatic rings. The van der Waals surface area contributed by atoms with Gasteiger partial charge in [0.15, 0.2) is 0 Å². The molecule has 0 aliphatic heterocycles. The Morgan fingerprint density at radius 3 is 2.27 bits per heavy atom. The molecule has 146 valence electrons. The van der Waals surface area contributed by atoms with Crippen LogP contribution in [0.15, 0.2) is 36.4 Å². The fourth-order valence-corrected chi connectivity index (χ4v) is 3.90. The van der Waals surface area contributed by atoms with Crippen molar-refractivity contribution in [3.05, 3.63) is 47.5 Å². The Hall–Kier alpha value is -1.22. The molecule has 0 amide bonds. The van der Waals surface area contributed by atoms with Gasteiger partial charge in [-0.05, 0) is 62.0 Å². The number of alkyl halides is 2. The Morgan fingerprint density at radius 2 is 1.65 bits per heavy atom. The van der Waals surface area contributed by atoms with Gasteiger partial charge in [0.1, 0.15) is 0 Å². The lowest BCUT2D eigenvalue weighted by Gasteiger charge is -2.30. The van der Waals surface area contributed by atoms with Gasteiger partial charge in [-0.2, -0.15) is 8.78 Å². The molecule has 0 N–H and O–H groups in total. The molecule has 1 saturated carbocycles. The first-order chi connectivity index (χ1) is 12.5. The molecule has 1 aromatic carbocycles. The van der Waals surface area contributed by atoms with E-state index in [1.807, 2.05) is 31.2 Å². The second-order valence-corrected chi connectivity index (χ2v) is 7.73. The molecule has 1 nitrogen and oxygen atoms in total. The number of halogens is 2. The SMILES string of the molecule is C/C=C/CCC1CCC(CC(F)(F)OCc2ccc(CCC)cc2)CC1. The normalized spacial score (nSPS) is 21.4. The third-order valence-electron chi connectivity index (χ3n) is 5.48. The van der Waals surface area contributed by atoms with Gasteiger partial charge in [0.05, 0.1) is 6.61 Å². The fourth-order valence-electron chi connectivity index (χ4n) is 3.90. The van der Waals surface area contributed by atoms with Gasteiger partial charge < -0.3 is 4.74 Å². The Kier molecular flexibility index (Phi) is 8.77. The summed E-state index contributed by atoms with van der Waals surface area (Å²) in [7, 11) is 0. The van der Waals surface area contributed by atoms with Gasteiger partial charge in [0.25, 0.3) is 0 Å². The van der Waals surface area contributed by atoms with Gasteiger partial charge in [-0.25, -0.2) is 0 Å². The molecule has 1 aromatic rings. The lowest BCUT2D eigenvalue weighted by atomic mass is 9.78.